The number of hydrogen-bond donors (Lipinski definition) is 1. The summed E-state index contributed by atoms with van der Waals surface area (Å²) in [6, 6.07) is 10.0. The largest absolute Gasteiger partial charge is 0.353 e. The molecule has 0 saturated carbocycles. The van der Waals surface area contributed by atoms with Gasteiger partial charge in [0.05, 0.1) is 11.2 Å². The smallest absolute Gasteiger partial charge is 0.112 e. The van der Waals surface area contributed by atoms with Crippen LogP contribution in [0.2, 0.25) is 0 Å². The van der Waals surface area contributed by atoms with Gasteiger partial charge in [0, 0.05) is 27.0 Å². The van der Waals surface area contributed by atoms with Crippen molar-refractivity contribution in [2.45, 2.75) is 6.92 Å². The molecule has 0 unspecified atom stereocenters. The Bertz CT molecular complexity index is 787. The van der Waals surface area contributed by atoms with Crippen LogP contribution in [0.25, 0.3) is 11.0 Å². The minimum atomic E-state index is 0.857. The van der Waals surface area contributed by atoms with Crippen molar-refractivity contribution in [3.8, 4) is 0 Å². The summed E-state index contributed by atoms with van der Waals surface area (Å²) in [5, 5.41) is 3.43. The number of anilines is 2. The van der Waals surface area contributed by atoms with E-state index in [1.54, 1.807) is 12.4 Å². The number of aryl methyl sites for hydroxylation is 1. The average molecular weight is 393 g/mol. The average Bonchev–Trinajstić information content (AvgIpc) is 2.43. The summed E-state index contributed by atoms with van der Waals surface area (Å²) in [5.41, 5.74) is 4.89. The lowest BCUT2D eigenvalue weighted by molar-refractivity contribution is 1.31. The van der Waals surface area contributed by atoms with E-state index in [-0.39, 0.29) is 0 Å². The lowest BCUT2D eigenvalue weighted by Gasteiger charge is -2.11. The van der Waals surface area contributed by atoms with Crippen LogP contribution in [-0.2, 0) is 0 Å². The third kappa shape index (κ3) is 2.69. The van der Waals surface area contributed by atoms with E-state index in [1.165, 1.54) is 5.56 Å². The molecule has 0 atom stereocenters. The second kappa shape index (κ2) is 5.50. The number of pyridine rings is 2. The molecule has 0 bridgehead atoms. The SMILES string of the molecule is Cc1ccc(Br)cc1Nc1ccnc2cc(Br)cnc12. The summed E-state index contributed by atoms with van der Waals surface area (Å²) in [5.74, 6) is 0. The zero-order valence-corrected chi connectivity index (χ0v) is 13.9. The summed E-state index contributed by atoms with van der Waals surface area (Å²) in [6.07, 6.45) is 3.56. The second-order valence-corrected chi connectivity index (χ2v) is 6.30. The molecular weight excluding hydrogens is 382 g/mol. The molecular formula is C15H11Br2N3. The maximum Gasteiger partial charge on any atom is 0.112 e. The van der Waals surface area contributed by atoms with Gasteiger partial charge in [-0.2, -0.15) is 0 Å². The topological polar surface area (TPSA) is 37.8 Å². The van der Waals surface area contributed by atoms with E-state index in [1.807, 2.05) is 18.2 Å². The van der Waals surface area contributed by atoms with Gasteiger partial charge in [0.1, 0.15) is 5.52 Å². The standard InChI is InChI=1S/C15H11Br2N3/c1-9-2-3-10(16)6-13(9)20-12-4-5-18-14-7-11(17)8-19-15(12)14/h2-8H,1H3,(H,18,20). The molecule has 0 aliphatic carbocycles. The predicted molar refractivity (Wildman–Crippen MR) is 89.4 cm³/mol. The Labute approximate surface area is 133 Å². The zero-order chi connectivity index (χ0) is 14.1. The Kier molecular flexibility index (Phi) is 3.72. The van der Waals surface area contributed by atoms with Crippen molar-refractivity contribution in [3.05, 3.63) is 57.2 Å². The van der Waals surface area contributed by atoms with E-state index in [4.69, 9.17) is 0 Å². The minimum Gasteiger partial charge on any atom is -0.353 e. The van der Waals surface area contributed by atoms with Crippen LogP contribution in [0.5, 0.6) is 0 Å². The molecule has 0 fully saturated rings. The maximum atomic E-state index is 4.45. The van der Waals surface area contributed by atoms with Crippen LogP contribution in [0.4, 0.5) is 11.4 Å². The van der Waals surface area contributed by atoms with Crippen molar-refractivity contribution in [1.82, 2.24) is 9.97 Å². The van der Waals surface area contributed by atoms with Gasteiger partial charge in [0.25, 0.3) is 0 Å². The van der Waals surface area contributed by atoms with Gasteiger partial charge in [0.15, 0.2) is 0 Å². The van der Waals surface area contributed by atoms with E-state index in [0.29, 0.717) is 0 Å². The molecule has 3 aromatic rings. The summed E-state index contributed by atoms with van der Waals surface area (Å²) >= 11 is 6.91. The van der Waals surface area contributed by atoms with Gasteiger partial charge in [-0.15, -0.1) is 0 Å². The molecule has 0 saturated heterocycles. The van der Waals surface area contributed by atoms with E-state index in [2.05, 4.69) is 66.2 Å². The highest BCUT2D eigenvalue weighted by Crippen LogP contribution is 2.28. The highest BCUT2D eigenvalue weighted by molar-refractivity contribution is 9.10. The van der Waals surface area contributed by atoms with Crippen molar-refractivity contribution in [2.75, 3.05) is 5.32 Å². The van der Waals surface area contributed by atoms with Gasteiger partial charge >= 0.3 is 0 Å². The van der Waals surface area contributed by atoms with Crippen LogP contribution in [0.1, 0.15) is 5.56 Å². The first kappa shape index (κ1) is 13.5. The minimum absolute atomic E-state index is 0.857. The first-order chi connectivity index (χ1) is 9.63. The number of halogens is 2. The molecule has 2 aromatic heterocycles. The summed E-state index contributed by atoms with van der Waals surface area (Å²) in [4.78, 5) is 8.79. The Morgan fingerprint density at radius 3 is 2.65 bits per heavy atom. The van der Waals surface area contributed by atoms with Gasteiger partial charge in [0.2, 0.25) is 0 Å². The van der Waals surface area contributed by atoms with Gasteiger partial charge < -0.3 is 5.32 Å². The summed E-state index contributed by atoms with van der Waals surface area (Å²) in [7, 11) is 0. The van der Waals surface area contributed by atoms with Crippen LogP contribution in [0.3, 0.4) is 0 Å². The fourth-order valence-electron chi connectivity index (χ4n) is 1.98. The Balaban J connectivity index is 2.09. The summed E-state index contributed by atoms with van der Waals surface area (Å²) in [6.45, 7) is 2.07. The van der Waals surface area contributed by atoms with Crippen molar-refractivity contribution < 1.29 is 0 Å². The molecule has 0 radical (unpaired) electrons. The number of nitrogens with zero attached hydrogens (tertiary/aromatic N) is 2. The third-order valence-corrected chi connectivity index (χ3v) is 3.94. The lowest BCUT2D eigenvalue weighted by atomic mass is 10.2. The molecule has 0 spiro atoms. The van der Waals surface area contributed by atoms with Gasteiger partial charge in [-0.25, -0.2) is 0 Å². The van der Waals surface area contributed by atoms with Crippen molar-refractivity contribution in [3.63, 3.8) is 0 Å². The van der Waals surface area contributed by atoms with Gasteiger partial charge in [-0.1, -0.05) is 22.0 Å². The monoisotopic (exact) mass is 391 g/mol. The van der Waals surface area contributed by atoms with E-state index in [9.17, 15) is 0 Å². The van der Waals surface area contributed by atoms with E-state index >= 15 is 0 Å². The van der Waals surface area contributed by atoms with Crippen LogP contribution < -0.4 is 5.32 Å². The molecule has 0 amide bonds. The van der Waals surface area contributed by atoms with E-state index < -0.39 is 0 Å². The molecule has 0 aliphatic heterocycles. The molecule has 20 heavy (non-hydrogen) atoms. The molecule has 1 aromatic carbocycles. The van der Waals surface area contributed by atoms with Crippen molar-refractivity contribution >= 4 is 54.3 Å². The summed E-state index contributed by atoms with van der Waals surface area (Å²) < 4.78 is 1.97. The molecule has 0 aliphatic rings. The van der Waals surface area contributed by atoms with Crippen LogP contribution in [0, 0.1) is 6.92 Å². The zero-order valence-electron chi connectivity index (χ0n) is 10.7. The molecule has 5 heteroatoms. The second-order valence-electron chi connectivity index (χ2n) is 4.46. The number of aromatic nitrogens is 2. The molecule has 3 rings (SSSR count). The molecule has 3 nitrogen and oxygen atoms in total. The van der Waals surface area contributed by atoms with E-state index in [0.717, 1.165) is 31.4 Å². The highest BCUT2D eigenvalue weighted by Gasteiger charge is 2.06. The highest BCUT2D eigenvalue weighted by atomic mass is 79.9. The van der Waals surface area contributed by atoms with Crippen molar-refractivity contribution in [1.29, 1.82) is 0 Å². The van der Waals surface area contributed by atoms with Crippen molar-refractivity contribution in [2.24, 2.45) is 0 Å². The molecule has 1 N–H and O–H groups in total. The number of benzene rings is 1. The first-order valence-electron chi connectivity index (χ1n) is 6.07. The third-order valence-electron chi connectivity index (χ3n) is 3.01. The number of rotatable bonds is 2. The molecule has 100 valence electrons. The van der Waals surface area contributed by atoms with Crippen LogP contribution in [-0.4, -0.2) is 9.97 Å². The Morgan fingerprint density at radius 2 is 1.80 bits per heavy atom. The predicted octanol–water partition coefficient (Wildman–Crippen LogP) is 5.21. The number of fused-ring (bicyclic) bond motifs is 1. The van der Waals surface area contributed by atoms with Crippen LogP contribution in [0.15, 0.2) is 51.7 Å². The molecule has 2 heterocycles. The normalized spacial score (nSPS) is 10.8. The number of hydrogen-bond acceptors (Lipinski definition) is 3. The lowest BCUT2D eigenvalue weighted by Crippen LogP contribution is -1.96. The van der Waals surface area contributed by atoms with Gasteiger partial charge in [-0.3, -0.25) is 9.97 Å². The van der Waals surface area contributed by atoms with Crippen LogP contribution >= 0.6 is 31.9 Å². The Hall–Kier alpha value is -1.46. The van der Waals surface area contributed by atoms with Gasteiger partial charge in [-0.05, 0) is 52.7 Å². The first-order valence-corrected chi connectivity index (χ1v) is 7.65. The fraction of sp³-hybridized carbons (Fsp3) is 0.0667. The Morgan fingerprint density at radius 1 is 0.950 bits per heavy atom. The quantitative estimate of drug-likeness (QED) is 0.650. The maximum absolute atomic E-state index is 4.45. The number of nitrogens with one attached hydrogen (secondary N) is 1. The fourth-order valence-corrected chi connectivity index (χ4v) is 2.66.